The van der Waals surface area contributed by atoms with E-state index in [1.54, 1.807) is 18.2 Å². The second kappa shape index (κ2) is 6.27. The number of nitrogens with two attached hydrogens (primary N) is 1. The number of phenols is 1. The Morgan fingerprint density at radius 1 is 1.39 bits per heavy atom. The third kappa shape index (κ3) is 2.88. The van der Waals surface area contributed by atoms with E-state index in [9.17, 15) is 10.2 Å². The van der Waals surface area contributed by atoms with E-state index in [0.717, 1.165) is 18.4 Å². The van der Waals surface area contributed by atoms with Crippen LogP contribution in [0.4, 0.5) is 0 Å². The highest BCUT2D eigenvalue weighted by atomic mass is 35.5. The van der Waals surface area contributed by atoms with E-state index >= 15 is 0 Å². The lowest BCUT2D eigenvalue weighted by molar-refractivity contribution is 0.0413. The number of ether oxygens (including phenoxy) is 1. The molecule has 0 heterocycles. The minimum atomic E-state index is -0.531. The van der Waals surface area contributed by atoms with Crippen LogP contribution in [0.5, 0.6) is 11.5 Å². The molecule has 0 saturated heterocycles. The minimum Gasteiger partial charge on any atom is -0.504 e. The number of methoxy groups -OCH3 is 1. The Bertz CT molecular complexity index is 396. The number of rotatable bonds is 4. The third-order valence-electron chi connectivity index (χ3n) is 3.59. The van der Waals surface area contributed by atoms with Crippen LogP contribution >= 0.6 is 12.4 Å². The molecule has 1 aliphatic rings. The van der Waals surface area contributed by atoms with E-state index in [2.05, 4.69) is 0 Å². The molecule has 2 rings (SSSR count). The highest BCUT2D eigenvalue weighted by molar-refractivity contribution is 5.85. The van der Waals surface area contributed by atoms with Gasteiger partial charge in [0, 0.05) is 0 Å². The molecular weight excluding hydrogens is 254 g/mol. The number of aromatic hydroxyl groups is 1. The summed E-state index contributed by atoms with van der Waals surface area (Å²) in [6.45, 7) is 0. The summed E-state index contributed by atoms with van der Waals surface area (Å²) in [6.07, 6.45) is 2.72. The maximum Gasteiger partial charge on any atom is 0.160 e. The van der Waals surface area contributed by atoms with E-state index in [1.165, 1.54) is 13.5 Å². The van der Waals surface area contributed by atoms with Gasteiger partial charge in [0.1, 0.15) is 0 Å². The van der Waals surface area contributed by atoms with Crippen molar-refractivity contribution in [2.45, 2.75) is 31.4 Å². The van der Waals surface area contributed by atoms with Crippen molar-refractivity contribution < 1.29 is 14.9 Å². The van der Waals surface area contributed by atoms with Crippen LogP contribution in [0.1, 0.15) is 30.9 Å². The molecule has 0 unspecified atom stereocenters. The van der Waals surface area contributed by atoms with Gasteiger partial charge in [0.2, 0.25) is 0 Å². The molecule has 102 valence electrons. The predicted molar refractivity (Wildman–Crippen MR) is 72.2 cm³/mol. The van der Waals surface area contributed by atoms with Gasteiger partial charge >= 0.3 is 0 Å². The summed E-state index contributed by atoms with van der Waals surface area (Å²) >= 11 is 0. The van der Waals surface area contributed by atoms with Crippen molar-refractivity contribution >= 4 is 12.4 Å². The molecule has 1 saturated carbocycles. The molecule has 1 fully saturated rings. The highest BCUT2D eigenvalue weighted by Crippen LogP contribution is 2.36. The molecule has 0 amide bonds. The van der Waals surface area contributed by atoms with Gasteiger partial charge in [0.15, 0.2) is 11.5 Å². The van der Waals surface area contributed by atoms with Gasteiger partial charge in [-0.15, -0.1) is 12.4 Å². The van der Waals surface area contributed by atoms with Gasteiger partial charge in [0.05, 0.1) is 19.3 Å². The van der Waals surface area contributed by atoms with E-state index < -0.39 is 12.1 Å². The SMILES string of the molecule is COc1ccc([C@@H](N)[C@@H](O)C2CCC2)cc1O.Cl. The van der Waals surface area contributed by atoms with Crippen LogP contribution in [-0.4, -0.2) is 23.4 Å². The Balaban J connectivity index is 0.00000162. The molecule has 5 heteroatoms. The number of phenolic OH excluding ortho intramolecular Hbond substituents is 1. The highest BCUT2D eigenvalue weighted by Gasteiger charge is 2.30. The zero-order valence-electron chi connectivity index (χ0n) is 10.4. The Morgan fingerprint density at radius 2 is 2.06 bits per heavy atom. The molecule has 0 aromatic heterocycles. The average molecular weight is 274 g/mol. The van der Waals surface area contributed by atoms with E-state index in [1.807, 2.05) is 0 Å². The molecule has 1 aromatic rings. The quantitative estimate of drug-likeness (QED) is 0.784. The molecule has 18 heavy (non-hydrogen) atoms. The van der Waals surface area contributed by atoms with Crippen LogP contribution < -0.4 is 10.5 Å². The fourth-order valence-electron chi connectivity index (χ4n) is 2.19. The maximum atomic E-state index is 10.1. The van der Waals surface area contributed by atoms with Crippen LogP contribution in [0, 0.1) is 5.92 Å². The summed E-state index contributed by atoms with van der Waals surface area (Å²) in [6, 6.07) is 4.56. The van der Waals surface area contributed by atoms with Crippen molar-refractivity contribution in [1.82, 2.24) is 0 Å². The maximum absolute atomic E-state index is 10.1. The smallest absolute Gasteiger partial charge is 0.160 e. The van der Waals surface area contributed by atoms with Crippen molar-refractivity contribution in [3.8, 4) is 11.5 Å². The van der Waals surface area contributed by atoms with Gasteiger partial charge in [0.25, 0.3) is 0 Å². The fourth-order valence-corrected chi connectivity index (χ4v) is 2.19. The first kappa shape index (κ1) is 15.1. The van der Waals surface area contributed by atoms with Crippen LogP contribution in [0.15, 0.2) is 18.2 Å². The average Bonchev–Trinajstić information content (AvgIpc) is 2.25. The second-order valence-corrected chi connectivity index (χ2v) is 4.64. The number of halogens is 1. The molecule has 1 aliphatic carbocycles. The molecule has 0 radical (unpaired) electrons. The molecule has 4 nitrogen and oxygen atoms in total. The Kier molecular flexibility index (Phi) is 5.26. The third-order valence-corrected chi connectivity index (χ3v) is 3.59. The van der Waals surface area contributed by atoms with Crippen LogP contribution in [0.2, 0.25) is 0 Å². The van der Waals surface area contributed by atoms with Crippen molar-refractivity contribution in [2.24, 2.45) is 11.7 Å². The summed E-state index contributed by atoms with van der Waals surface area (Å²) in [4.78, 5) is 0. The lowest BCUT2D eigenvalue weighted by Crippen LogP contribution is -2.36. The zero-order valence-corrected chi connectivity index (χ0v) is 11.2. The predicted octanol–water partition coefficient (Wildman–Crippen LogP) is 1.98. The Labute approximate surface area is 113 Å². The number of aliphatic hydroxyl groups excluding tert-OH is 1. The fraction of sp³-hybridized carbons (Fsp3) is 0.538. The van der Waals surface area contributed by atoms with Gasteiger partial charge in [-0.05, 0) is 36.5 Å². The van der Waals surface area contributed by atoms with Gasteiger partial charge in [-0.25, -0.2) is 0 Å². The molecule has 0 bridgehead atoms. The van der Waals surface area contributed by atoms with Crippen LogP contribution in [0.3, 0.4) is 0 Å². The van der Waals surface area contributed by atoms with Crippen molar-refractivity contribution in [3.05, 3.63) is 23.8 Å². The molecule has 4 N–H and O–H groups in total. The van der Waals surface area contributed by atoms with E-state index in [-0.39, 0.29) is 18.2 Å². The van der Waals surface area contributed by atoms with Gasteiger partial charge in [-0.3, -0.25) is 0 Å². The second-order valence-electron chi connectivity index (χ2n) is 4.64. The molecule has 1 aromatic carbocycles. The minimum absolute atomic E-state index is 0. The van der Waals surface area contributed by atoms with Crippen molar-refractivity contribution in [2.75, 3.05) is 7.11 Å². The van der Waals surface area contributed by atoms with E-state index in [0.29, 0.717) is 11.7 Å². The zero-order chi connectivity index (χ0) is 12.4. The Hall–Kier alpha value is -0.970. The summed E-state index contributed by atoms with van der Waals surface area (Å²) in [5.74, 6) is 0.773. The first-order chi connectivity index (χ1) is 8.13. The molecule has 0 spiro atoms. The van der Waals surface area contributed by atoms with Crippen molar-refractivity contribution in [3.63, 3.8) is 0 Å². The largest absolute Gasteiger partial charge is 0.504 e. The lowest BCUT2D eigenvalue weighted by Gasteiger charge is -2.33. The van der Waals surface area contributed by atoms with Gasteiger partial charge in [-0.2, -0.15) is 0 Å². The summed E-state index contributed by atoms with van der Waals surface area (Å²) in [5, 5.41) is 19.7. The van der Waals surface area contributed by atoms with Gasteiger partial charge < -0.3 is 20.7 Å². The summed E-state index contributed by atoms with van der Waals surface area (Å²) < 4.78 is 4.97. The number of benzene rings is 1. The summed E-state index contributed by atoms with van der Waals surface area (Å²) in [7, 11) is 1.50. The molecule has 2 atom stereocenters. The van der Waals surface area contributed by atoms with Crippen LogP contribution in [0.25, 0.3) is 0 Å². The first-order valence-corrected chi connectivity index (χ1v) is 5.94. The number of hydrogen-bond donors (Lipinski definition) is 3. The Morgan fingerprint density at radius 3 is 2.50 bits per heavy atom. The molecular formula is C13H20ClNO3. The standard InChI is InChI=1S/C13H19NO3.ClH/c1-17-11-6-5-9(7-10(11)15)12(14)13(16)8-3-2-4-8;/h5-8,12-13,15-16H,2-4,14H2,1H3;1H/t12-,13+;/m1./s1. The van der Waals surface area contributed by atoms with Gasteiger partial charge in [-0.1, -0.05) is 12.5 Å². The number of aliphatic hydroxyl groups is 1. The monoisotopic (exact) mass is 273 g/mol. The summed E-state index contributed by atoms with van der Waals surface area (Å²) in [5.41, 5.74) is 6.75. The van der Waals surface area contributed by atoms with Crippen LogP contribution in [-0.2, 0) is 0 Å². The normalized spacial score (nSPS) is 18.4. The first-order valence-electron chi connectivity index (χ1n) is 5.94. The van der Waals surface area contributed by atoms with E-state index in [4.69, 9.17) is 10.5 Å². The van der Waals surface area contributed by atoms with Crippen molar-refractivity contribution in [1.29, 1.82) is 0 Å². The molecule has 0 aliphatic heterocycles. The topological polar surface area (TPSA) is 75.7 Å². The number of hydrogen-bond acceptors (Lipinski definition) is 4. The lowest BCUT2D eigenvalue weighted by atomic mass is 9.77.